The minimum absolute atomic E-state index is 0.172. The third kappa shape index (κ3) is 2.61. The molecule has 1 aromatic carbocycles. The van der Waals surface area contributed by atoms with Crippen LogP contribution < -0.4 is 5.73 Å². The highest BCUT2D eigenvalue weighted by molar-refractivity contribution is 5.77. The van der Waals surface area contributed by atoms with Crippen LogP contribution in [0.25, 0.3) is 0 Å². The van der Waals surface area contributed by atoms with Crippen LogP contribution >= 0.6 is 0 Å². The van der Waals surface area contributed by atoms with E-state index in [2.05, 4.69) is 0 Å². The second-order valence-electron chi connectivity index (χ2n) is 4.31. The van der Waals surface area contributed by atoms with Crippen molar-refractivity contribution in [2.45, 2.75) is 25.3 Å². The van der Waals surface area contributed by atoms with E-state index in [9.17, 15) is 4.79 Å². The molecule has 16 heavy (non-hydrogen) atoms. The number of carbonyl (C=O) groups is 1. The molecule has 1 amide bonds. The van der Waals surface area contributed by atoms with E-state index in [0.29, 0.717) is 6.42 Å². The quantitative estimate of drug-likeness (QED) is 0.839. The summed E-state index contributed by atoms with van der Waals surface area (Å²) in [6, 6.07) is 9.64. The van der Waals surface area contributed by atoms with Gasteiger partial charge in [-0.1, -0.05) is 30.3 Å². The fourth-order valence-electron chi connectivity index (χ4n) is 2.10. The summed E-state index contributed by atoms with van der Waals surface area (Å²) in [5, 5.41) is 0. The summed E-state index contributed by atoms with van der Waals surface area (Å²) >= 11 is 0. The van der Waals surface area contributed by atoms with Crippen molar-refractivity contribution < 1.29 is 4.79 Å². The van der Waals surface area contributed by atoms with E-state index in [1.165, 1.54) is 0 Å². The lowest BCUT2D eigenvalue weighted by Crippen LogP contribution is -2.30. The summed E-state index contributed by atoms with van der Waals surface area (Å²) in [5.41, 5.74) is 7.05. The Bertz CT molecular complexity index is 344. The SMILES string of the molecule is N[C@H](CC(=O)N1CCCC1)c1ccccc1. The highest BCUT2D eigenvalue weighted by atomic mass is 16.2. The number of nitrogens with two attached hydrogens (primary N) is 1. The van der Waals surface area contributed by atoms with Gasteiger partial charge in [-0.05, 0) is 18.4 Å². The molecule has 1 fully saturated rings. The molecule has 1 aliphatic rings. The topological polar surface area (TPSA) is 46.3 Å². The summed E-state index contributed by atoms with van der Waals surface area (Å²) in [7, 11) is 0. The second-order valence-corrected chi connectivity index (χ2v) is 4.31. The van der Waals surface area contributed by atoms with Crippen LogP contribution in [0.15, 0.2) is 30.3 Å². The highest BCUT2D eigenvalue weighted by Crippen LogP contribution is 2.17. The Hall–Kier alpha value is -1.35. The molecule has 0 bridgehead atoms. The van der Waals surface area contributed by atoms with Crippen LogP contribution in [0.2, 0.25) is 0 Å². The molecule has 1 aromatic rings. The van der Waals surface area contributed by atoms with Crippen LogP contribution in [0.1, 0.15) is 30.9 Å². The van der Waals surface area contributed by atoms with Crippen LogP contribution in [0, 0.1) is 0 Å². The van der Waals surface area contributed by atoms with Gasteiger partial charge in [0.1, 0.15) is 0 Å². The Morgan fingerprint density at radius 1 is 1.25 bits per heavy atom. The number of likely N-dealkylation sites (tertiary alicyclic amines) is 1. The fourth-order valence-corrected chi connectivity index (χ4v) is 2.10. The molecule has 0 aliphatic carbocycles. The van der Waals surface area contributed by atoms with Gasteiger partial charge in [-0.25, -0.2) is 0 Å². The maximum atomic E-state index is 11.9. The molecule has 3 heteroatoms. The van der Waals surface area contributed by atoms with Gasteiger partial charge in [0, 0.05) is 25.6 Å². The summed E-state index contributed by atoms with van der Waals surface area (Å²) in [5.74, 6) is 0.189. The maximum absolute atomic E-state index is 11.9. The van der Waals surface area contributed by atoms with Crippen LogP contribution in [0.4, 0.5) is 0 Å². The molecule has 86 valence electrons. The summed E-state index contributed by atoms with van der Waals surface area (Å²) in [6.07, 6.45) is 2.68. The second kappa shape index (κ2) is 5.12. The first-order chi connectivity index (χ1) is 7.77. The van der Waals surface area contributed by atoms with Gasteiger partial charge in [0.15, 0.2) is 0 Å². The molecule has 0 unspecified atom stereocenters. The number of carbonyl (C=O) groups excluding carboxylic acids is 1. The summed E-state index contributed by atoms with van der Waals surface area (Å²) in [6.45, 7) is 1.81. The monoisotopic (exact) mass is 218 g/mol. The molecule has 3 nitrogen and oxygen atoms in total. The van der Waals surface area contributed by atoms with Gasteiger partial charge in [0.2, 0.25) is 5.91 Å². The first-order valence-corrected chi connectivity index (χ1v) is 5.85. The zero-order valence-corrected chi connectivity index (χ0v) is 9.43. The van der Waals surface area contributed by atoms with E-state index in [1.807, 2.05) is 35.2 Å². The molecular formula is C13H18N2O. The van der Waals surface area contributed by atoms with Crippen LogP contribution in [-0.2, 0) is 4.79 Å². The van der Waals surface area contributed by atoms with Crippen molar-refractivity contribution in [2.75, 3.05) is 13.1 Å². The molecule has 0 spiro atoms. The average molecular weight is 218 g/mol. The number of nitrogens with zero attached hydrogens (tertiary/aromatic N) is 1. The fraction of sp³-hybridized carbons (Fsp3) is 0.462. The Labute approximate surface area is 96.2 Å². The Kier molecular flexibility index (Phi) is 3.57. The number of rotatable bonds is 3. The summed E-state index contributed by atoms with van der Waals surface area (Å²) in [4.78, 5) is 13.8. The third-order valence-corrected chi connectivity index (χ3v) is 3.08. The molecule has 1 saturated heterocycles. The molecular weight excluding hydrogens is 200 g/mol. The number of hydrogen-bond acceptors (Lipinski definition) is 2. The van der Waals surface area contributed by atoms with Crippen molar-refractivity contribution in [1.29, 1.82) is 0 Å². The van der Waals surface area contributed by atoms with Crippen molar-refractivity contribution in [3.8, 4) is 0 Å². The van der Waals surface area contributed by atoms with Gasteiger partial charge in [-0.15, -0.1) is 0 Å². The van der Waals surface area contributed by atoms with E-state index < -0.39 is 0 Å². The zero-order chi connectivity index (χ0) is 11.4. The minimum atomic E-state index is -0.172. The predicted octanol–water partition coefficient (Wildman–Crippen LogP) is 1.70. The molecule has 1 aliphatic heterocycles. The van der Waals surface area contributed by atoms with Crippen molar-refractivity contribution in [2.24, 2.45) is 5.73 Å². The molecule has 1 heterocycles. The minimum Gasteiger partial charge on any atom is -0.343 e. The molecule has 2 rings (SSSR count). The highest BCUT2D eigenvalue weighted by Gasteiger charge is 2.20. The molecule has 0 radical (unpaired) electrons. The smallest absolute Gasteiger partial charge is 0.224 e. The lowest BCUT2D eigenvalue weighted by atomic mass is 10.0. The van der Waals surface area contributed by atoms with Crippen LogP contribution in [0.5, 0.6) is 0 Å². The van der Waals surface area contributed by atoms with Gasteiger partial charge in [0.05, 0.1) is 0 Å². The third-order valence-electron chi connectivity index (χ3n) is 3.08. The number of amides is 1. The molecule has 2 N–H and O–H groups in total. The van der Waals surface area contributed by atoms with Gasteiger partial charge < -0.3 is 10.6 Å². The summed E-state index contributed by atoms with van der Waals surface area (Å²) < 4.78 is 0. The average Bonchev–Trinajstić information content (AvgIpc) is 2.83. The van der Waals surface area contributed by atoms with Gasteiger partial charge in [-0.3, -0.25) is 4.79 Å². The zero-order valence-electron chi connectivity index (χ0n) is 9.43. The van der Waals surface area contributed by atoms with Crippen molar-refractivity contribution in [1.82, 2.24) is 4.90 Å². The predicted molar refractivity (Wildman–Crippen MR) is 63.8 cm³/mol. The van der Waals surface area contributed by atoms with E-state index in [-0.39, 0.29) is 11.9 Å². The Balaban J connectivity index is 1.92. The number of benzene rings is 1. The van der Waals surface area contributed by atoms with Crippen molar-refractivity contribution in [3.63, 3.8) is 0 Å². The normalized spacial score (nSPS) is 17.4. The molecule has 1 atom stereocenters. The van der Waals surface area contributed by atoms with Crippen molar-refractivity contribution >= 4 is 5.91 Å². The standard InChI is InChI=1S/C13H18N2O/c14-12(11-6-2-1-3-7-11)10-13(16)15-8-4-5-9-15/h1-3,6-7,12H,4-5,8-10,14H2/t12-/m1/s1. The first-order valence-electron chi connectivity index (χ1n) is 5.85. The van der Waals surface area contributed by atoms with E-state index in [4.69, 9.17) is 5.73 Å². The Morgan fingerprint density at radius 3 is 2.50 bits per heavy atom. The first kappa shape index (κ1) is 11.1. The molecule has 0 saturated carbocycles. The molecule has 0 aromatic heterocycles. The van der Waals surface area contributed by atoms with Crippen LogP contribution in [-0.4, -0.2) is 23.9 Å². The van der Waals surface area contributed by atoms with E-state index in [1.54, 1.807) is 0 Å². The van der Waals surface area contributed by atoms with E-state index in [0.717, 1.165) is 31.5 Å². The van der Waals surface area contributed by atoms with Crippen molar-refractivity contribution in [3.05, 3.63) is 35.9 Å². The van der Waals surface area contributed by atoms with Crippen LogP contribution in [0.3, 0.4) is 0 Å². The van der Waals surface area contributed by atoms with Gasteiger partial charge >= 0.3 is 0 Å². The maximum Gasteiger partial charge on any atom is 0.224 e. The Morgan fingerprint density at radius 2 is 1.88 bits per heavy atom. The van der Waals surface area contributed by atoms with Gasteiger partial charge in [-0.2, -0.15) is 0 Å². The number of hydrogen-bond donors (Lipinski definition) is 1. The van der Waals surface area contributed by atoms with E-state index >= 15 is 0 Å². The lowest BCUT2D eigenvalue weighted by Gasteiger charge is -2.18. The lowest BCUT2D eigenvalue weighted by molar-refractivity contribution is -0.130. The van der Waals surface area contributed by atoms with Gasteiger partial charge in [0.25, 0.3) is 0 Å². The largest absolute Gasteiger partial charge is 0.343 e.